The van der Waals surface area contributed by atoms with Crippen LogP contribution in [0.15, 0.2) is 12.4 Å². The van der Waals surface area contributed by atoms with E-state index < -0.39 is 0 Å². The number of hydrogen-bond acceptors (Lipinski definition) is 5. The quantitative estimate of drug-likeness (QED) is 0.893. The number of amides is 1. The lowest BCUT2D eigenvalue weighted by molar-refractivity contribution is -0.132. The van der Waals surface area contributed by atoms with E-state index in [0.717, 1.165) is 50.5 Å². The van der Waals surface area contributed by atoms with Crippen LogP contribution >= 0.6 is 0 Å². The summed E-state index contributed by atoms with van der Waals surface area (Å²) in [5.41, 5.74) is 1.15. The van der Waals surface area contributed by atoms with Crippen molar-refractivity contribution in [2.75, 3.05) is 31.6 Å². The van der Waals surface area contributed by atoms with E-state index in [4.69, 9.17) is 4.74 Å². The Hall–Kier alpha value is -1.69. The van der Waals surface area contributed by atoms with E-state index in [9.17, 15) is 4.79 Å². The van der Waals surface area contributed by atoms with Crippen LogP contribution in [0.25, 0.3) is 0 Å². The third kappa shape index (κ3) is 2.09. The monoisotopic (exact) mass is 288 g/mol. The highest BCUT2D eigenvalue weighted by molar-refractivity contribution is 5.81. The Morgan fingerprint density at radius 1 is 1.43 bits per heavy atom. The van der Waals surface area contributed by atoms with E-state index in [1.165, 1.54) is 0 Å². The van der Waals surface area contributed by atoms with Gasteiger partial charge in [0.2, 0.25) is 5.91 Å². The second kappa shape index (κ2) is 4.40. The van der Waals surface area contributed by atoms with Crippen molar-refractivity contribution in [3.63, 3.8) is 0 Å². The molecule has 2 bridgehead atoms. The highest BCUT2D eigenvalue weighted by Crippen LogP contribution is 2.58. The van der Waals surface area contributed by atoms with E-state index in [1.54, 1.807) is 6.33 Å². The standard InChI is InChI=1S/C15H20N4O2/c1-14-7-15(8-14,9-21-14)11-5-12(18-10-17-11)16-6-13(20)19-3-2-4-19/h5,10H,2-4,6-9H2,1H3,(H,16,17,18). The Kier molecular flexibility index (Phi) is 2.73. The zero-order chi connectivity index (χ0) is 14.5. The van der Waals surface area contributed by atoms with Crippen LogP contribution in [0.5, 0.6) is 0 Å². The number of ether oxygens (including phenoxy) is 1. The molecule has 0 spiro atoms. The first-order chi connectivity index (χ1) is 10.1. The number of hydrogen-bond donors (Lipinski definition) is 1. The molecule has 6 nitrogen and oxygen atoms in total. The van der Waals surface area contributed by atoms with Crippen LogP contribution in [0.2, 0.25) is 0 Å². The van der Waals surface area contributed by atoms with Gasteiger partial charge in [-0.05, 0) is 26.2 Å². The SMILES string of the molecule is CC12CC(c3cc(NCC(=O)N4CCC4)ncn3)(CO1)C2. The average molecular weight is 288 g/mol. The minimum Gasteiger partial charge on any atom is -0.374 e. The van der Waals surface area contributed by atoms with E-state index in [0.29, 0.717) is 6.54 Å². The molecule has 112 valence electrons. The fourth-order valence-corrected chi connectivity index (χ4v) is 3.74. The van der Waals surface area contributed by atoms with Gasteiger partial charge in [0, 0.05) is 24.6 Å². The molecule has 1 amide bonds. The molecule has 5 rings (SSSR count). The first-order valence-electron chi connectivity index (χ1n) is 7.57. The highest BCUT2D eigenvalue weighted by atomic mass is 16.5. The van der Waals surface area contributed by atoms with Crippen molar-refractivity contribution in [3.05, 3.63) is 18.1 Å². The summed E-state index contributed by atoms with van der Waals surface area (Å²) in [7, 11) is 0. The normalized spacial score (nSPS) is 33.3. The lowest BCUT2D eigenvalue weighted by atomic mass is 9.61. The van der Waals surface area contributed by atoms with Gasteiger partial charge in [-0.2, -0.15) is 0 Å². The molecule has 0 unspecified atom stereocenters. The van der Waals surface area contributed by atoms with Gasteiger partial charge in [0.1, 0.15) is 12.1 Å². The van der Waals surface area contributed by atoms with E-state index in [1.807, 2.05) is 11.0 Å². The molecule has 3 aliphatic heterocycles. The second-order valence-corrected chi connectivity index (χ2v) is 6.75. The maximum absolute atomic E-state index is 11.9. The largest absolute Gasteiger partial charge is 0.374 e. The fourth-order valence-electron chi connectivity index (χ4n) is 3.74. The summed E-state index contributed by atoms with van der Waals surface area (Å²) in [6.45, 7) is 4.97. The van der Waals surface area contributed by atoms with E-state index in [-0.39, 0.29) is 16.9 Å². The summed E-state index contributed by atoms with van der Waals surface area (Å²) in [6.07, 6.45) is 4.76. The van der Waals surface area contributed by atoms with Gasteiger partial charge in [-0.1, -0.05) is 0 Å². The first-order valence-corrected chi connectivity index (χ1v) is 7.57. The minimum absolute atomic E-state index is 0.0476. The third-order valence-electron chi connectivity index (χ3n) is 4.96. The zero-order valence-corrected chi connectivity index (χ0v) is 12.3. The maximum Gasteiger partial charge on any atom is 0.241 e. The molecule has 1 aromatic heterocycles. The first kappa shape index (κ1) is 13.0. The van der Waals surface area contributed by atoms with Gasteiger partial charge in [0.25, 0.3) is 0 Å². The minimum atomic E-state index is 0.0476. The van der Waals surface area contributed by atoms with Gasteiger partial charge in [-0.25, -0.2) is 9.97 Å². The Labute approximate surface area is 123 Å². The van der Waals surface area contributed by atoms with Crippen molar-refractivity contribution in [1.82, 2.24) is 14.9 Å². The summed E-state index contributed by atoms with van der Waals surface area (Å²) >= 11 is 0. The molecule has 4 fully saturated rings. The predicted molar refractivity (Wildman–Crippen MR) is 77.0 cm³/mol. The number of carbonyl (C=O) groups excluding carboxylic acids is 1. The van der Waals surface area contributed by atoms with E-state index in [2.05, 4.69) is 22.2 Å². The number of fused-ring (bicyclic) bond motifs is 1. The number of nitrogens with one attached hydrogen (secondary N) is 1. The molecule has 1 aliphatic carbocycles. The van der Waals surface area contributed by atoms with Crippen LogP contribution < -0.4 is 5.32 Å². The second-order valence-electron chi connectivity index (χ2n) is 6.75. The van der Waals surface area contributed by atoms with Crippen molar-refractivity contribution >= 4 is 11.7 Å². The molecule has 1 saturated carbocycles. The van der Waals surface area contributed by atoms with Gasteiger partial charge in [0.15, 0.2) is 0 Å². The van der Waals surface area contributed by atoms with E-state index >= 15 is 0 Å². The maximum atomic E-state index is 11.9. The molecular weight excluding hydrogens is 268 g/mol. The van der Waals surface area contributed by atoms with Crippen LogP contribution in [0, 0.1) is 0 Å². The molecule has 1 N–H and O–H groups in total. The van der Waals surface area contributed by atoms with Crippen molar-refractivity contribution in [1.29, 1.82) is 0 Å². The Morgan fingerprint density at radius 3 is 2.86 bits per heavy atom. The van der Waals surface area contributed by atoms with Gasteiger partial charge in [0.05, 0.1) is 24.4 Å². The van der Waals surface area contributed by atoms with Crippen molar-refractivity contribution in [2.45, 2.75) is 37.2 Å². The van der Waals surface area contributed by atoms with Crippen molar-refractivity contribution in [3.8, 4) is 0 Å². The topological polar surface area (TPSA) is 67.4 Å². The predicted octanol–water partition coefficient (Wildman–Crippen LogP) is 0.941. The Morgan fingerprint density at radius 2 is 2.24 bits per heavy atom. The molecule has 6 heteroatoms. The van der Waals surface area contributed by atoms with Crippen LogP contribution in [0.1, 0.15) is 31.9 Å². The van der Waals surface area contributed by atoms with Gasteiger partial charge >= 0.3 is 0 Å². The summed E-state index contributed by atoms with van der Waals surface area (Å²) in [6, 6.07) is 1.97. The molecule has 0 radical (unpaired) electrons. The highest BCUT2D eigenvalue weighted by Gasteiger charge is 2.61. The van der Waals surface area contributed by atoms with Crippen molar-refractivity contribution in [2.24, 2.45) is 0 Å². The lowest BCUT2D eigenvalue weighted by Crippen LogP contribution is -2.45. The van der Waals surface area contributed by atoms with Crippen LogP contribution in [-0.4, -0.2) is 52.6 Å². The van der Waals surface area contributed by atoms with Gasteiger partial charge < -0.3 is 15.0 Å². The Bertz CT molecular complexity index is 579. The molecule has 1 aromatic rings. The summed E-state index contributed by atoms with van der Waals surface area (Å²) < 4.78 is 5.82. The Balaban J connectivity index is 1.43. The van der Waals surface area contributed by atoms with Gasteiger partial charge in [-0.15, -0.1) is 0 Å². The van der Waals surface area contributed by atoms with Crippen LogP contribution in [0.3, 0.4) is 0 Å². The summed E-state index contributed by atoms with van der Waals surface area (Å²) in [5.74, 6) is 0.865. The summed E-state index contributed by atoms with van der Waals surface area (Å²) in [4.78, 5) is 22.4. The molecule has 21 heavy (non-hydrogen) atoms. The number of likely N-dealkylation sites (tertiary alicyclic amines) is 1. The molecular formula is C15H20N4O2. The fraction of sp³-hybridized carbons (Fsp3) is 0.667. The number of nitrogens with zero attached hydrogens (tertiary/aromatic N) is 3. The van der Waals surface area contributed by atoms with Crippen molar-refractivity contribution < 1.29 is 9.53 Å². The molecule has 0 atom stereocenters. The number of aromatic nitrogens is 2. The lowest BCUT2D eigenvalue weighted by Gasteiger charge is -2.41. The number of anilines is 1. The molecule has 4 heterocycles. The third-order valence-corrected chi connectivity index (χ3v) is 4.96. The van der Waals surface area contributed by atoms with Gasteiger partial charge in [-0.3, -0.25) is 4.79 Å². The average Bonchev–Trinajstić information content (AvgIpc) is 2.89. The number of carbonyl (C=O) groups is 1. The zero-order valence-electron chi connectivity index (χ0n) is 12.3. The summed E-state index contributed by atoms with van der Waals surface area (Å²) in [5, 5.41) is 3.12. The smallest absolute Gasteiger partial charge is 0.241 e. The molecule has 0 aromatic carbocycles. The van der Waals surface area contributed by atoms with Crippen LogP contribution in [-0.2, 0) is 14.9 Å². The molecule has 3 saturated heterocycles. The van der Waals surface area contributed by atoms with Crippen LogP contribution in [0.4, 0.5) is 5.82 Å². The number of rotatable bonds is 4. The molecule has 4 aliphatic rings.